The summed E-state index contributed by atoms with van der Waals surface area (Å²) in [7, 11) is 0. The highest BCUT2D eigenvalue weighted by molar-refractivity contribution is 5.75. The lowest BCUT2D eigenvalue weighted by Gasteiger charge is -2.33. The van der Waals surface area contributed by atoms with Crippen molar-refractivity contribution in [1.82, 2.24) is 20.5 Å². The Kier molecular flexibility index (Phi) is 6.40. The van der Waals surface area contributed by atoms with Crippen LogP contribution >= 0.6 is 0 Å². The van der Waals surface area contributed by atoms with E-state index in [1.807, 2.05) is 19.9 Å². The summed E-state index contributed by atoms with van der Waals surface area (Å²) in [5.74, 6) is 0.520. The number of likely N-dealkylation sites (tertiary alicyclic amines) is 1. The molecule has 1 aromatic heterocycles. The van der Waals surface area contributed by atoms with Crippen LogP contribution in [0.1, 0.15) is 39.2 Å². The van der Waals surface area contributed by atoms with Crippen LogP contribution in [0.2, 0.25) is 0 Å². The number of nitrogens with zero attached hydrogens (tertiary/aromatic N) is 2. The molecular formula is C17H26N4O3. The van der Waals surface area contributed by atoms with E-state index in [-0.39, 0.29) is 24.1 Å². The summed E-state index contributed by atoms with van der Waals surface area (Å²) in [6.07, 6.45) is 3.58. The van der Waals surface area contributed by atoms with Crippen molar-refractivity contribution >= 4 is 11.9 Å². The fourth-order valence-electron chi connectivity index (χ4n) is 2.68. The van der Waals surface area contributed by atoms with Gasteiger partial charge in [0.05, 0.1) is 6.10 Å². The van der Waals surface area contributed by atoms with Crippen LogP contribution < -0.4 is 15.4 Å². The molecule has 24 heavy (non-hydrogen) atoms. The minimum atomic E-state index is -0.118. The number of hydrogen-bond donors (Lipinski definition) is 2. The van der Waals surface area contributed by atoms with Crippen molar-refractivity contribution in [2.24, 2.45) is 0 Å². The predicted octanol–water partition coefficient (Wildman–Crippen LogP) is 1.68. The Morgan fingerprint density at radius 2 is 2.21 bits per heavy atom. The highest BCUT2D eigenvalue weighted by Gasteiger charge is 2.23. The van der Waals surface area contributed by atoms with E-state index in [4.69, 9.17) is 4.74 Å². The summed E-state index contributed by atoms with van der Waals surface area (Å²) in [6, 6.07) is 3.61. The first-order chi connectivity index (χ1) is 11.4. The highest BCUT2D eigenvalue weighted by Crippen LogP contribution is 2.12. The zero-order valence-electron chi connectivity index (χ0n) is 14.5. The number of aromatic nitrogens is 1. The standard InChI is InChI=1S/C17H26N4O3/c1-12(2)24-16-7-6-14(9-18-16)10-19-17(23)21-8-4-5-15(11-21)20-13(3)22/h6-7,9,12,15H,4-5,8,10-11H2,1-3H3,(H,19,23)(H,20,22)/t15-/m0/s1. The third kappa shape index (κ3) is 5.72. The molecule has 7 heteroatoms. The number of urea groups is 1. The molecule has 0 aliphatic carbocycles. The Bertz CT molecular complexity index is 559. The zero-order valence-corrected chi connectivity index (χ0v) is 14.5. The maximum atomic E-state index is 12.3. The first-order valence-electron chi connectivity index (χ1n) is 8.35. The maximum Gasteiger partial charge on any atom is 0.317 e. The molecule has 2 N–H and O–H groups in total. The van der Waals surface area contributed by atoms with E-state index in [2.05, 4.69) is 15.6 Å². The summed E-state index contributed by atoms with van der Waals surface area (Å²) in [4.78, 5) is 29.4. The summed E-state index contributed by atoms with van der Waals surface area (Å²) in [5, 5.41) is 5.77. The largest absolute Gasteiger partial charge is 0.475 e. The lowest BCUT2D eigenvalue weighted by molar-refractivity contribution is -0.119. The summed E-state index contributed by atoms with van der Waals surface area (Å²) < 4.78 is 5.49. The van der Waals surface area contributed by atoms with Crippen LogP contribution in [0.5, 0.6) is 5.88 Å². The molecule has 132 valence electrons. The number of carbonyl (C=O) groups is 2. The average Bonchev–Trinajstić information content (AvgIpc) is 2.53. The van der Waals surface area contributed by atoms with Gasteiger partial charge < -0.3 is 20.3 Å². The molecule has 0 unspecified atom stereocenters. The minimum absolute atomic E-state index is 0.0381. The number of amides is 3. The van der Waals surface area contributed by atoms with Crippen LogP contribution in [-0.4, -0.2) is 47.1 Å². The van der Waals surface area contributed by atoms with Crippen molar-refractivity contribution < 1.29 is 14.3 Å². The normalized spacial score (nSPS) is 17.5. The Labute approximate surface area is 142 Å². The molecule has 2 heterocycles. The van der Waals surface area contributed by atoms with Crippen molar-refractivity contribution in [3.8, 4) is 5.88 Å². The molecule has 3 amide bonds. The van der Waals surface area contributed by atoms with E-state index in [0.29, 0.717) is 25.5 Å². The SMILES string of the molecule is CC(=O)N[C@H]1CCCN(C(=O)NCc2ccc(OC(C)C)nc2)C1. The Balaban J connectivity index is 1.80. The van der Waals surface area contributed by atoms with Gasteiger partial charge in [0, 0.05) is 44.9 Å². The van der Waals surface area contributed by atoms with Gasteiger partial charge in [-0.1, -0.05) is 6.07 Å². The van der Waals surface area contributed by atoms with Crippen molar-refractivity contribution in [2.45, 2.75) is 52.3 Å². The molecule has 0 spiro atoms. The van der Waals surface area contributed by atoms with Crippen LogP contribution in [0.3, 0.4) is 0 Å². The monoisotopic (exact) mass is 334 g/mol. The topological polar surface area (TPSA) is 83.6 Å². The summed E-state index contributed by atoms with van der Waals surface area (Å²) in [6.45, 7) is 7.06. The third-order valence-electron chi connectivity index (χ3n) is 3.71. The van der Waals surface area contributed by atoms with Crippen molar-refractivity contribution in [2.75, 3.05) is 13.1 Å². The Hall–Kier alpha value is -2.31. The van der Waals surface area contributed by atoms with Gasteiger partial charge in [-0.3, -0.25) is 4.79 Å². The van der Waals surface area contributed by atoms with Gasteiger partial charge in [-0.15, -0.1) is 0 Å². The van der Waals surface area contributed by atoms with Gasteiger partial charge in [0.2, 0.25) is 11.8 Å². The van der Waals surface area contributed by atoms with Crippen molar-refractivity contribution in [3.05, 3.63) is 23.9 Å². The molecule has 1 aliphatic rings. The molecule has 1 saturated heterocycles. The van der Waals surface area contributed by atoms with E-state index in [1.54, 1.807) is 17.2 Å². The highest BCUT2D eigenvalue weighted by atomic mass is 16.5. The second-order valence-electron chi connectivity index (χ2n) is 6.32. The first kappa shape index (κ1) is 18.0. The molecule has 0 bridgehead atoms. The van der Waals surface area contributed by atoms with Gasteiger partial charge in [-0.2, -0.15) is 0 Å². The molecule has 7 nitrogen and oxygen atoms in total. The molecule has 0 saturated carbocycles. The molecule has 0 radical (unpaired) electrons. The van der Waals surface area contributed by atoms with Crippen molar-refractivity contribution in [3.63, 3.8) is 0 Å². The molecule has 0 aromatic carbocycles. The average molecular weight is 334 g/mol. The van der Waals surface area contributed by atoms with Gasteiger partial charge in [0.25, 0.3) is 0 Å². The van der Waals surface area contributed by atoms with E-state index < -0.39 is 0 Å². The smallest absolute Gasteiger partial charge is 0.317 e. The molecule has 2 rings (SSSR count). The maximum absolute atomic E-state index is 12.3. The fraction of sp³-hybridized carbons (Fsp3) is 0.588. The van der Waals surface area contributed by atoms with Crippen molar-refractivity contribution in [1.29, 1.82) is 0 Å². The third-order valence-corrected chi connectivity index (χ3v) is 3.71. The molecule has 1 aliphatic heterocycles. The lowest BCUT2D eigenvalue weighted by atomic mass is 10.1. The van der Waals surface area contributed by atoms with Crippen LogP contribution in [0, 0.1) is 0 Å². The number of carbonyl (C=O) groups excluding carboxylic acids is 2. The molecule has 1 aromatic rings. The molecular weight excluding hydrogens is 308 g/mol. The second kappa shape index (κ2) is 8.52. The van der Waals surface area contributed by atoms with Gasteiger partial charge in [-0.05, 0) is 32.3 Å². The number of pyridine rings is 1. The van der Waals surface area contributed by atoms with E-state index in [1.165, 1.54) is 6.92 Å². The zero-order chi connectivity index (χ0) is 17.5. The number of hydrogen-bond acceptors (Lipinski definition) is 4. The minimum Gasteiger partial charge on any atom is -0.475 e. The predicted molar refractivity (Wildman–Crippen MR) is 90.6 cm³/mol. The van der Waals surface area contributed by atoms with Crippen LogP contribution in [0.4, 0.5) is 4.79 Å². The van der Waals surface area contributed by atoms with Gasteiger partial charge in [0.15, 0.2) is 0 Å². The fourth-order valence-corrected chi connectivity index (χ4v) is 2.68. The second-order valence-corrected chi connectivity index (χ2v) is 6.32. The number of rotatable bonds is 5. The van der Waals surface area contributed by atoms with E-state index >= 15 is 0 Å². The summed E-state index contributed by atoms with van der Waals surface area (Å²) >= 11 is 0. The van der Waals surface area contributed by atoms with Crippen LogP contribution in [0.25, 0.3) is 0 Å². The lowest BCUT2D eigenvalue weighted by Crippen LogP contribution is -2.51. The first-order valence-corrected chi connectivity index (χ1v) is 8.35. The van der Waals surface area contributed by atoms with Crippen LogP contribution in [-0.2, 0) is 11.3 Å². The van der Waals surface area contributed by atoms with E-state index in [9.17, 15) is 9.59 Å². The summed E-state index contributed by atoms with van der Waals surface area (Å²) in [5.41, 5.74) is 0.912. The van der Waals surface area contributed by atoms with Crippen LogP contribution in [0.15, 0.2) is 18.3 Å². The number of ether oxygens (including phenoxy) is 1. The van der Waals surface area contributed by atoms with Gasteiger partial charge in [0.1, 0.15) is 0 Å². The van der Waals surface area contributed by atoms with Gasteiger partial charge in [-0.25, -0.2) is 9.78 Å². The molecule has 1 fully saturated rings. The molecule has 1 atom stereocenters. The number of nitrogens with one attached hydrogen (secondary N) is 2. The number of piperidine rings is 1. The Morgan fingerprint density at radius 3 is 2.83 bits per heavy atom. The Morgan fingerprint density at radius 1 is 1.42 bits per heavy atom. The van der Waals surface area contributed by atoms with E-state index in [0.717, 1.165) is 18.4 Å². The van der Waals surface area contributed by atoms with Gasteiger partial charge >= 0.3 is 6.03 Å². The quantitative estimate of drug-likeness (QED) is 0.858.